The number of carbonyl (C=O) groups excluding carboxylic acids is 1. The average Bonchev–Trinajstić information content (AvgIpc) is 2.60. The number of hydrogen-bond donors (Lipinski definition) is 1. The lowest BCUT2D eigenvalue weighted by Crippen LogP contribution is -2.59. The molecule has 2 aliphatic rings. The number of hydrogen-bond acceptors (Lipinski definition) is 4. The number of amides is 1. The molecule has 2 saturated heterocycles. The van der Waals surface area contributed by atoms with Crippen LogP contribution in [-0.2, 0) is 9.53 Å². The lowest BCUT2D eigenvalue weighted by atomic mass is 9.71. The summed E-state index contributed by atoms with van der Waals surface area (Å²) in [6.07, 6.45) is 6.43. The van der Waals surface area contributed by atoms with Gasteiger partial charge >= 0.3 is 0 Å². The third-order valence-corrected chi connectivity index (χ3v) is 5.93. The van der Waals surface area contributed by atoms with E-state index in [9.17, 15) is 9.90 Å². The lowest BCUT2D eigenvalue weighted by molar-refractivity contribution is -0.141. The Kier molecular flexibility index (Phi) is 8.17. The average molecular weight is 355 g/mol. The molecule has 5 heteroatoms. The lowest BCUT2D eigenvalue weighted by Gasteiger charge is -2.51. The van der Waals surface area contributed by atoms with Crippen molar-refractivity contribution in [3.05, 3.63) is 0 Å². The highest BCUT2D eigenvalue weighted by molar-refractivity contribution is 5.76. The highest BCUT2D eigenvalue weighted by atomic mass is 16.5. The van der Waals surface area contributed by atoms with Crippen LogP contribution in [0.2, 0.25) is 0 Å². The van der Waals surface area contributed by atoms with Crippen LogP contribution in [0.3, 0.4) is 0 Å². The number of carbonyl (C=O) groups is 1. The van der Waals surface area contributed by atoms with Crippen LogP contribution in [0, 0.1) is 11.3 Å². The van der Waals surface area contributed by atoms with E-state index in [2.05, 4.69) is 18.7 Å². The first-order valence-electron chi connectivity index (χ1n) is 10.1. The Labute approximate surface area is 153 Å². The van der Waals surface area contributed by atoms with E-state index in [1.54, 1.807) is 7.11 Å². The fraction of sp³-hybridized carbons (Fsp3) is 0.950. The summed E-state index contributed by atoms with van der Waals surface area (Å²) in [6.45, 7) is 9.71. The van der Waals surface area contributed by atoms with Crippen molar-refractivity contribution in [2.75, 3.05) is 46.4 Å². The van der Waals surface area contributed by atoms with Gasteiger partial charge in [-0.2, -0.15) is 0 Å². The summed E-state index contributed by atoms with van der Waals surface area (Å²) in [5, 5.41) is 10.7. The van der Waals surface area contributed by atoms with Crippen molar-refractivity contribution in [2.45, 2.75) is 64.9 Å². The number of aliphatic hydroxyl groups is 1. The molecule has 0 bridgehead atoms. The van der Waals surface area contributed by atoms with Crippen molar-refractivity contribution in [1.29, 1.82) is 0 Å². The topological polar surface area (TPSA) is 53.0 Å². The zero-order chi connectivity index (χ0) is 18.3. The van der Waals surface area contributed by atoms with Crippen LogP contribution in [0.5, 0.6) is 0 Å². The minimum atomic E-state index is -0.275. The number of likely N-dealkylation sites (tertiary alicyclic amines) is 2. The van der Waals surface area contributed by atoms with Crippen LogP contribution >= 0.6 is 0 Å². The maximum Gasteiger partial charge on any atom is 0.222 e. The summed E-state index contributed by atoms with van der Waals surface area (Å²) in [6, 6.07) is 0. The molecule has 0 aromatic carbocycles. The summed E-state index contributed by atoms with van der Waals surface area (Å²) in [5.74, 6) is 0.836. The largest absolute Gasteiger partial charge is 0.392 e. The van der Waals surface area contributed by atoms with Gasteiger partial charge in [0.15, 0.2) is 0 Å². The molecular weight excluding hydrogens is 316 g/mol. The standard InChI is InChI=1S/C20H38N2O3/c1-17(2)7-8-19(24)22-12-6-10-20(16-22)15-21(13-9-18(20)23)11-4-5-14-25-3/h17-18,23H,4-16H2,1-3H3/t18?,20-/m1/s1. The first kappa shape index (κ1) is 20.7. The molecule has 146 valence electrons. The fourth-order valence-electron chi connectivity index (χ4n) is 4.36. The van der Waals surface area contributed by atoms with E-state index < -0.39 is 0 Å². The third kappa shape index (κ3) is 5.93. The molecule has 5 nitrogen and oxygen atoms in total. The quantitative estimate of drug-likeness (QED) is 0.681. The molecule has 2 atom stereocenters. The van der Waals surface area contributed by atoms with Crippen molar-refractivity contribution in [3.63, 3.8) is 0 Å². The van der Waals surface area contributed by atoms with Gasteiger partial charge in [0, 0.05) is 51.7 Å². The van der Waals surface area contributed by atoms with Gasteiger partial charge in [0.2, 0.25) is 5.91 Å². The minimum Gasteiger partial charge on any atom is -0.392 e. The number of aliphatic hydroxyl groups excluding tert-OH is 1. The van der Waals surface area contributed by atoms with Crippen molar-refractivity contribution in [2.24, 2.45) is 11.3 Å². The van der Waals surface area contributed by atoms with Gasteiger partial charge in [0.05, 0.1) is 6.10 Å². The van der Waals surface area contributed by atoms with E-state index in [0.717, 1.165) is 77.9 Å². The van der Waals surface area contributed by atoms with E-state index in [-0.39, 0.29) is 17.4 Å². The zero-order valence-corrected chi connectivity index (χ0v) is 16.5. The molecule has 0 radical (unpaired) electrons. The molecule has 1 unspecified atom stereocenters. The highest BCUT2D eigenvalue weighted by Crippen LogP contribution is 2.39. The van der Waals surface area contributed by atoms with Crippen molar-refractivity contribution in [3.8, 4) is 0 Å². The van der Waals surface area contributed by atoms with Gasteiger partial charge in [-0.05, 0) is 51.0 Å². The van der Waals surface area contributed by atoms with E-state index in [1.165, 1.54) is 0 Å². The van der Waals surface area contributed by atoms with E-state index >= 15 is 0 Å². The van der Waals surface area contributed by atoms with Gasteiger partial charge in [-0.1, -0.05) is 13.8 Å². The number of rotatable bonds is 8. The fourth-order valence-corrected chi connectivity index (χ4v) is 4.36. The van der Waals surface area contributed by atoms with Crippen LogP contribution in [0.4, 0.5) is 0 Å². The molecule has 0 aliphatic carbocycles. The Morgan fingerprint density at radius 3 is 2.80 bits per heavy atom. The molecule has 1 N–H and O–H groups in total. The minimum absolute atomic E-state index is 0.120. The van der Waals surface area contributed by atoms with Crippen LogP contribution in [0.15, 0.2) is 0 Å². The molecule has 2 heterocycles. The number of piperidine rings is 2. The molecule has 2 fully saturated rings. The molecule has 1 spiro atoms. The summed E-state index contributed by atoms with van der Waals surface area (Å²) < 4.78 is 5.14. The molecule has 25 heavy (non-hydrogen) atoms. The van der Waals surface area contributed by atoms with E-state index in [0.29, 0.717) is 12.3 Å². The number of unbranched alkanes of at least 4 members (excludes halogenated alkanes) is 1. The van der Waals surface area contributed by atoms with E-state index in [1.807, 2.05) is 4.90 Å². The second-order valence-electron chi connectivity index (χ2n) is 8.49. The summed E-state index contributed by atoms with van der Waals surface area (Å²) in [7, 11) is 1.75. The summed E-state index contributed by atoms with van der Waals surface area (Å²) >= 11 is 0. The molecule has 2 aliphatic heterocycles. The Balaban J connectivity index is 1.91. The number of ether oxygens (including phenoxy) is 1. The second-order valence-corrected chi connectivity index (χ2v) is 8.49. The summed E-state index contributed by atoms with van der Waals surface area (Å²) in [4.78, 5) is 17.1. The van der Waals surface area contributed by atoms with Crippen LogP contribution in [-0.4, -0.2) is 73.4 Å². The van der Waals surface area contributed by atoms with E-state index in [4.69, 9.17) is 4.74 Å². The summed E-state index contributed by atoms with van der Waals surface area (Å²) in [5.41, 5.74) is -0.120. The van der Waals surface area contributed by atoms with Crippen molar-refractivity contribution in [1.82, 2.24) is 9.80 Å². The third-order valence-electron chi connectivity index (χ3n) is 5.93. The SMILES string of the molecule is COCCCCN1CCC(O)[C@]2(CCCN(C(=O)CCC(C)C)C2)C1. The predicted molar refractivity (Wildman–Crippen MR) is 100 cm³/mol. The zero-order valence-electron chi connectivity index (χ0n) is 16.5. The smallest absolute Gasteiger partial charge is 0.222 e. The Hall–Kier alpha value is -0.650. The van der Waals surface area contributed by atoms with Gasteiger partial charge in [0.25, 0.3) is 0 Å². The molecule has 0 aromatic rings. The normalized spacial score (nSPS) is 28.0. The van der Waals surface area contributed by atoms with Crippen molar-refractivity contribution >= 4 is 5.91 Å². The molecule has 2 rings (SSSR count). The Bertz CT molecular complexity index is 416. The number of nitrogens with zero attached hydrogens (tertiary/aromatic N) is 2. The van der Waals surface area contributed by atoms with Crippen LogP contribution < -0.4 is 0 Å². The predicted octanol–water partition coefficient (Wildman–Crippen LogP) is 2.52. The first-order valence-corrected chi connectivity index (χ1v) is 10.1. The Morgan fingerprint density at radius 1 is 1.28 bits per heavy atom. The molecule has 0 aromatic heterocycles. The molecular formula is C20H38N2O3. The molecule has 0 saturated carbocycles. The molecule has 1 amide bonds. The highest BCUT2D eigenvalue weighted by Gasteiger charge is 2.46. The van der Waals surface area contributed by atoms with Gasteiger partial charge < -0.3 is 19.6 Å². The maximum atomic E-state index is 12.6. The van der Waals surface area contributed by atoms with Crippen LogP contribution in [0.1, 0.15) is 58.8 Å². The maximum absolute atomic E-state index is 12.6. The van der Waals surface area contributed by atoms with Gasteiger partial charge in [-0.15, -0.1) is 0 Å². The van der Waals surface area contributed by atoms with Crippen molar-refractivity contribution < 1.29 is 14.6 Å². The van der Waals surface area contributed by atoms with Gasteiger partial charge in [-0.25, -0.2) is 0 Å². The monoisotopic (exact) mass is 354 g/mol. The first-order chi connectivity index (χ1) is 12.0. The van der Waals surface area contributed by atoms with Gasteiger partial charge in [-0.3, -0.25) is 4.79 Å². The number of methoxy groups -OCH3 is 1. The van der Waals surface area contributed by atoms with Gasteiger partial charge in [0.1, 0.15) is 0 Å². The van der Waals surface area contributed by atoms with Crippen LogP contribution in [0.25, 0.3) is 0 Å². The second kappa shape index (κ2) is 9.89. The Morgan fingerprint density at radius 2 is 2.08 bits per heavy atom.